The molecule has 1 fully saturated rings. The smallest absolute Gasteiger partial charge is 0.120 e. The molecule has 1 aromatic rings. The van der Waals surface area contributed by atoms with Crippen LogP contribution in [0.15, 0.2) is 12.4 Å². The van der Waals surface area contributed by atoms with Gasteiger partial charge in [-0.15, -0.1) is 0 Å². The van der Waals surface area contributed by atoms with E-state index in [9.17, 15) is 0 Å². The second-order valence-electron chi connectivity index (χ2n) is 4.33. The first kappa shape index (κ1) is 12.5. The summed E-state index contributed by atoms with van der Waals surface area (Å²) in [4.78, 5) is 2.79. The third-order valence-corrected chi connectivity index (χ3v) is 3.21. The van der Waals surface area contributed by atoms with Gasteiger partial charge in [0.25, 0.3) is 0 Å². The average Bonchev–Trinajstić information content (AvgIpc) is 2.73. The Bertz CT molecular complexity index is 393. The summed E-state index contributed by atoms with van der Waals surface area (Å²) in [6.45, 7) is 3.44. The first-order valence-corrected chi connectivity index (χ1v) is 6.17. The van der Waals surface area contributed by atoms with Gasteiger partial charge in [0.05, 0.1) is 12.8 Å². The zero-order valence-corrected chi connectivity index (χ0v) is 10.8. The van der Waals surface area contributed by atoms with Crippen molar-refractivity contribution in [2.45, 2.75) is 12.5 Å². The molecule has 2 rings (SSSR count). The van der Waals surface area contributed by atoms with Gasteiger partial charge < -0.3 is 10.5 Å². The Morgan fingerprint density at radius 3 is 3.18 bits per heavy atom. The van der Waals surface area contributed by atoms with Crippen LogP contribution in [0.2, 0.25) is 0 Å². The fraction of sp³-hybridized carbons (Fsp3) is 0.636. The Kier molecular flexibility index (Phi) is 4.09. The molecule has 0 saturated carbocycles. The molecule has 1 atom stereocenters. The maximum Gasteiger partial charge on any atom is 0.120 e. The fourth-order valence-corrected chi connectivity index (χ4v) is 2.11. The van der Waals surface area contributed by atoms with Gasteiger partial charge in [0.15, 0.2) is 0 Å². The molecule has 94 valence electrons. The highest BCUT2D eigenvalue weighted by molar-refractivity contribution is 7.80. The van der Waals surface area contributed by atoms with Crippen LogP contribution in [0, 0.1) is 0 Å². The van der Waals surface area contributed by atoms with E-state index in [0.29, 0.717) is 11.6 Å². The number of nitrogens with zero attached hydrogens (tertiary/aromatic N) is 3. The van der Waals surface area contributed by atoms with Gasteiger partial charge >= 0.3 is 0 Å². The molecule has 0 aromatic carbocycles. The molecule has 5 nitrogen and oxygen atoms in total. The predicted molar refractivity (Wildman–Crippen MR) is 69.9 cm³/mol. The number of ether oxygens (including phenoxy) is 1. The van der Waals surface area contributed by atoms with E-state index in [-0.39, 0.29) is 6.10 Å². The summed E-state index contributed by atoms with van der Waals surface area (Å²) in [5.41, 5.74) is 6.86. The molecular formula is C11H18N4OS. The summed E-state index contributed by atoms with van der Waals surface area (Å²) in [6.07, 6.45) is 4.86. The van der Waals surface area contributed by atoms with Crippen molar-refractivity contribution < 1.29 is 4.74 Å². The van der Waals surface area contributed by atoms with Gasteiger partial charge in [0.2, 0.25) is 0 Å². The van der Waals surface area contributed by atoms with Gasteiger partial charge in [-0.3, -0.25) is 9.58 Å². The quantitative estimate of drug-likeness (QED) is 0.764. The van der Waals surface area contributed by atoms with Crippen LogP contribution in [0.4, 0.5) is 0 Å². The number of morpholine rings is 1. The van der Waals surface area contributed by atoms with Crippen LogP contribution in [-0.2, 0) is 18.2 Å². The Labute approximate surface area is 107 Å². The van der Waals surface area contributed by atoms with Crippen LogP contribution in [0.1, 0.15) is 5.56 Å². The molecule has 0 spiro atoms. The second-order valence-corrected chi connectivity index (χ2v) is 4.81. The molecule has 0 aliphatic carbocycles. The van der Waals surface area contributed by atoms with E-state index in [1.54, 1.807) is 0 Å². The summed E-state index contributed by atoms with van der Waals surface area (Å²) in [5, 5.41) is 4.16. The van der Waals surface area contributed by atoms with Crippen molar-refractivity contribution >= 4 is 17.2 Å². The molecule has 1 aliphatic heterocycles. The lowest BCUT2D eigenvalue weighted by molar-refractivity contribution is 0.00774. The Morgan fingerprint density at radius 2 is 2.53 bits per heavy atom. The normalized spacial score (nSPS) is 21.6. The van der Waals surface area contributed by atoms with Crippen LogP contribution >= 0.6 is 12.2 Å². The first-order valence-electron chi connectivity index (χ1n) is 5.76. The third kappa shape index (κ3) is 3.49. The third-order valence-electron chi connectivity index (χ3n) is 2.94. The number of hydrogen-bond acceptors (Lipinski definition) is 4. The van der Waals surface area contributed by atoms with E-state index in [1.165, 1.54) is 5.56 Å². The topological polar surface area (TPSA) is 56.3 Å². The van der Waals surface area contributed by atoms with E-state index in [2.05, 4.69) is 10.00 Å². The predicted octanol–water partition coefficient (Wildman–Crippen LogP) is -0.0505. The molecule has 2 heterocycles. The van der Waals surface area contributed by atoms with Crippen LogP contribution in [0.3, 0.4) is 0 Å². The summed E-state index contributed by atoms with van der Waals surface area (Å²) in [7, 11) is 1.93. The number of thiocarbonyl (C=S) groups is 1. The van der Waals surface area contributed by atoms with E-state index in [1.807, 2.05) is 24.1 Å². The minimum absolute atomic E-state index is 0.0901. The summed E-state index contributed by atoms with van der Waals surface area (Å²) in [5.74, 6) is 0. The first-order chi connectivity index (χ1) is 8.15. The number of rotatable bonds is 4. The lowest BCUT2D eigenvalue weighted by atomic mass is 10.2. The van der Waals surface area contributed by atoms with Crippen LogP contribution in [0.5, 0.6) is 0 Å². The van der Waals surface area contributed by atoms with Crippen LogP contribution in [0.25, 0.3) is 0 Å². The van der Waals surface area contributed by atoms with E-state index >= 15 is 0 Å². The lowest BCUT2D eigenvalue weighted by Gasteiger charge is -2.32. The summed E-state index contributed by atoms with van der Waals surface area (Å²) < 4.78 is 7.33. The highest BCUT2D eigenvalue weighted by Crippen LogP contribution is 2.07. The van der Waals surface area contributed by atoms with Crippen molar-refractivity contribution in [1.29, 1.82) is 0 Å². The SMILES string of the molecule is Cn1cc(CCN2CCOC(C(N)=S)C2)cn1. The van der Waals surface area contributed by atoms with Gasteiger partial charge in [-0.25, -0.2) is 0 Å². The number of nitrogens with two attached hydrogens (primary N) is 1. The molecule has 1 aliphatic rings. The Morgan fingerprint density at radius 1 is 1.71 bits per heavy atom. The number of hydrogen-bond donors (Lipinski definition) is 1. The van der Waals surface area contributed by atoms with Crippen molar-refractivity contribution in [2.75, 3.05) is 26.2 Å². The average molecular weight is 254 g/mol. The molecular weight excluding hydrogens is 236 g/mol. The summed E-state index contributed by atoms with van der Waals surface area (Å²) >= 11 is 4.96. The van der Waals surface area contributed by atoms with Gasteiger partial charge in [-0.2, -0.15) is 5.10 Å². The van der Waals surface area contributed by atoms with Gasteiger partial charge in [0, 0.05) is 32.9 Å². The molecule has 0 amide bonds. The zero-order valence-electron chi connectivity index (χ0n) is 10.0. The summed E-state index contributed by atoms with van der Waals surface area (Å²) in [6, 6.07) is 0. The van der Waals surface area contributed by atoms with Crippen molar-refractivity contribution in [3.05, 3.63) is 18.0 Å². The molecule has 1 saturated heterocycles. The molecule has 2 N–H and O–H groups in total. The van der Waals surface area contributed by atoms with Crippen LogP contribution < -0.4 is 5.73 Å². The van der Waals surface area contributed by atoms with Gasteiger partial charge in [-0.05, 0) is 12.0 Å². The number of aromatic nitrogens is 2. The van der Waals surface area contributed by atoms with Crippen molar-refractivity contribution in [2.24, 2.45) is 12.8 Å². The molecule has 1 aromatic heterocycles. The monoisotopic (exact) mass is 254 g/mol. The van der Waals surface area contributed by atoms with E-state index < -0.39 is 0 Å². The lowest BCUT2D eigenvalue weighted by Crippen LogP contribution is -2.48. The maximum atomic E-state index is 5.61. The second kappa shape index (κ2) is 5.57. The highest BCUT2D eigenvalue weighted by Gasteiger charge is 2.22. The van der Waals surface area contributed by atoms with E-state index in [4.69, 9.17) is 22.7 Å². The maximum absolute atomic E-state index is 5.61. The van der Waals surface area contributed by atoms with Crippen molar-refractivity contribution in [3.63, 3.8) is 0 Å². The zero-order chi connectivity index (χ0) is 12.3. The highest BCUT2D eigenvalue weighted by atomic mass is 32.1. The standard InChI is InChI=1S/C11H18N4OS/c1-14-7-9(6-13-14)2-3-15-4-5-16-10(8-15)11(12)17/h6-7,10H,2-5,8H2,1H3,(H2,12,17). The van der Waals surface area contributed by atoms with E-state index in [0.717, 1.165) is 26.1 Å². The molecule has 17 heavy (non-hydrogen) atoms. The minimum atomic E-state index is -0.0901. The van der Waals surface area contributed by atoms with Gasteiger partial charge in [0.1, 0.15) is 11.1 Å². The van der Waals surface area contributed by atoms with Crippen molar-refractivity contribution in [1.82, 2.24) is 14.7 Å². The molecule has 1 unspecified atom stereocenters. The minimum Gasteiger partial charge on any atom is -0.391 e. The largest absolute Gasteiger partial charge is 0.391 e. The molecule has 6 heteroatoms. The Hall–Kier alpha value is -0.980. The van der Waals surface area contributed by atoms with Crippen LogP contribution in [-0.4, -0.2) is 52.0 Å². The number of aryl methyl sites for hydroxylation is 1. The Balaban J connectivity index is 1.81. The van der Waals surface area contributed by atoms with Crippen molar-refractivity contribution in [3.8, 4) is 0 Å². The molecule has 0 bridgehead atoms. The van der Waals surface area contributed by atoms with Gasteiger partial charge in [-0.1, -0.05) is 12.2 Å². The molecule has 0 radical (unpaired) electrons. The fourth-order valence-electron chi connectivity index (χ4n) is 1.97.